The molecule has 0 heterocycles. The Hall–Kier alpha value is -3.56. The largest absolute Gasteiger partial charge is 0.489 e. The van der Waals surface area contributed by atoms with E-state index in [1.807, 2.05) is 12.1 Å². The molecule has 0 aromatic heterocycles. The van der Waals surface area contributed by atoms with Gasteiger partial charge in [0, 0.05) is 15.1 Å². The molecule has 0 spiro atoms. The molecule has 7 nitrogen and oxygen atoms in total. The number of hydrazone groups is 1. The maximum Gasteiger partial charge on any atom is 0.264 e. The molecule has 11 heteroatoms. The van der Waals surface area contributed by atoms with Crippen LogP contribution in [-0.4, -0.2) is 27.1 Å². The van der Waals surface area contributed by atoms with Gasteiger partial charge in [-0.15, -0.1) is 0 Å². The van der Waals surface area contributed by atoms with Gasteiger partial charge in [0.05, 0.1) is 16.8 Å². The van der Waals surface area contributed by atoms with Crippen LogP contribution in [0.5, 0.6) is 5.75 Å². The van der Waals surface area contributed by atoms with E-state index in [0.29, 0.717) is 33.0 Å². The first-order chi connectivity index (χ1) is 18.7. The van der Waals surface area contributed by atoms with Gasteiger partial charge in [0.1, 0.15) is 18.9 Å². The molecule has 0 saturated heterocycles. The average Bonchev–Trinajstić information content (AvgIpc) is 2.92. The van der Waals surface area contributed by atoms with Crippen LogP contribution in [0.2, 0.25) is 15.1 Å². The number of hydrogen-bond acceptors (Lipinski definition) is 5. The van der Waals surface area contributed by atoms with Crippen LogP contribution in [0.4, 0.5) is 5.69 Å². The van der Waals surface area contributed by atoms with Crippen molar-refractivity contribution in [1.29, 1.82) is 0 Å². The highest BCUT2D eigenvalue weighted by molar-refractivity contribution is 7.92. The molecule has 0 bridgehead atoms. The lowest BCUT2D eigenvalue weighted by atomic mass is 10.2. The zero-order chi connectivity index (χ0) is 27.8. The summed E-state index contributed by atoms with van der Waals surface area (Å²) >= 11 is 17.9. The SMILES string of the molecule is O=C(CN(c1cccc(Cl)c1)S(=O)(=O)c1ccc(Cl)cc1)N/N=C\c1ccc(OCc2ccc(Cl)cc2)cc1. The number of hydrogen-bond donors (Lipinski definition) is 1. The van der Waals surface area contributed by atoms with E-state index in [1.54, 1.807) is 54.6 Å². The number of carbonyl (C=O) groups is 1. The number of amides is 1. The Labute approximate surface area is 241 Å². The molecule has 0 aliphatic carbocycles. The van der Waals surface area contributed by atoms with Gasteiger partial charge in [-0.2, -0.15) is 5.10 Å². The standard InChI is InChI=1S/C28H22Cl3N3O4S/c29-22-8-4-21(5-9-22)19-38-26-12-6-20(7-13-26)17-32-33-28(35)18-34(25-3-1-2-24(31)16-25)39(36,37)27-14-10-23(30)11-15-27/h1-17H,18-19H2,(H,33,35)/b32-17-. The summed E-state index contributed by atoms with van der Waals surface area (Å²) in [6.07, 6.45) is 1.44. The molecule has 0 atom stereocenters. The zero-order valence-corrected chi connectivity index (χ0v) is 23.4. The Morgan fingerprint density at radius 2 is 1.49 bits per heavy atom. The predicted molar refractivity (Wildman–Crippen MR) is 155 cm³/mol. The summed E-state index contributed by atoms with van der Waals surface area (Å²) in [6, 6.07) is 26.4. The first kappa shape index (κ1) is 28.4. The lowest BCUT2D eigenvalue weighted by Gasteiger charge is -2.23. The van der Waals surface area contributed by atoms with E-state index in [2.05, 4.69) is 10.5 Å². The van der Waals surface area contributed by atoms with E-state index in [4.69, 9.17) is 39.5 Å². The molecule has 1 N–H and O–H groups in total. The van der Waals surface area contributed by atoms with Gasteiger partial charge in [-0.05, 0) is 90.0 Å². The minimum atomic E-state index is -4.11. The van der Waals surface area contributed by atoms with Gasteiger partial charge in [-0.3, -0.25) is 9.10 Å². The minimum Gasteiger partial charge on any atom is -0.489 e. The third-order valence-electron chi connectivity index (χ3n) is 5.39. The summed E-state index contributed by atoms with van der Waals surface area (Å²) in [7, 11) is -4.11. The van der Waals surface area contributed by atoms with Gasteiger partial charge in [0.15, 0.2) is 0 Å². The number of ether oxygens (including phenoxy) is 1. The fourth-order valence-corrected chi connectivity index (χ4v) is 5.27. The lowest BCUT2D eigenvalue weighted by molar-refractivity contribution is -0.119. The van der Waals surface area contributed by atoms with Crippen molar-refractivity contribution < 1.29 is 17.9 Å². The van der Waals surface area contributed by atoms with E-state index in [-0.39, 0.29) is 10.6 Å². The Morgan fingerprint density at radius 3 is 2.13 bits per heavy atom. The molecule has 4 rings (SSSR count). The monoisotopic (exact) mass is 601 g/mol. The molecule has 39 heavy (non-hydrogen) atoms. The molecular weight excluding hydrogens is 581 g/mol. The van der Waals surface area contributed by atoms with Gasteiger partial charge in [-0.1, -0.05) is 53.0 Å². The minimum absolute atomic E-state index is 0.0263. The molecule has 0 unspecified atom stereocenters. The molecule has 0 saturated carbocycles. The van der Waals surface area contributed by atoms with Crippen molar-refractivity contribution in [2.24, 2.45) is 5.10 Å². The van der Waals surface area contributed by atoms with Crippen molar-refractivity contribution in [2.45, 2.75) is 11.5 Å². The first-order valence-electron chi connectivity index (χ1n) is 11.5. The normalized spacial score (nSPS) is 11.4. The van der Waals surface area contributed by atoms with Gasteiger partial charge >= 0.3 is 0 Å². The number of anilines is 1. The van der Waals surface area contributed by atoms with Crippen LogP contribution in [0.3, 0.4) is 0 Å². The highest BCUT2D eigenvalue weighted by Gasteiger charge is 2.27. The molecule has 0 fully saturated rings. The number of benzene rings is 4. The van der Waals surface area contributed by atoms with Crippen LogP contribution in [0.1, 0.15) is 11.1 Å². The Bertz CT molecular complexity index is 1560. The highest BCUT2D eigenvalue weighted by Crippen LogP contribution is 2.26. The predicted octanol–water partition coefficient (Wildman–Crippen LogP) is 6.57. The number of carbonyl (C=O) groups excluding carboxylic acids is 1. The van der Waals surface area contributed by atoms with Crippen LogP contribution in [-0.2, 0) is 21.4 Å². The number of nitrogens with one attached hydrogen (secondary N) is 1. The summed E-state index contributed by atoms with van der Waals surface area (Å²) in [5, 5.41) is 5.33. The van der Waals surface area contributed by atoms with Crippen LogP contribution in [0.25, 0.3) is 0 Å². The molecule has 4 aromatic rings. The molecule has 200 valence electrons. The molecule has 4 aromatic carbocycles. The van der Waals surface area contributed by atoms with Crippen LogP contribution in [0, 0.1) is 0 Å². The van der Waals surface area contributed by atoms with Crippen LogP contribution >= 0.6 is 34.8 Å². The van der Waals surface area contributed by atoms with Crippen LogP contribution in [0.15, 0.2) is 107 Å². The van der Waals surface area contributed by atoms with Gasteiger partial charge in [0.2, 0.25) is 0 Å². The quantitative estimate of drug-likeness (QED) is 0.164. The van der Waals surface area contributed by atoms with Crippen LogP contribution < -0.4 is 14.5 Å². The third kappa shape index (κ3) is 7.97. The van der Waals surface area contributed by atoms with Gasteiger partial charge in [-0.25, -0.2) is 13.8 Å². The van der Waals surface area contributed by atoms with E-state index >= 15 is 0 Å². The van der Waals surface area contributed by atoms with Crippen molar-refractivity contribution in [3.05, 3.63) is 123 Å². The smallest absolute Gasteiger partial charge is 0.264 e. The van der Waals surface area contributed by atoms with Crippen molar-refractivity contribution in [3.8, 4) is 5.75 Å². The van der Waals surface area contributed by atoms with E-state index < -0.39 is 22.5 Å². The van der Waals surface area contributed by atoms with Crippen molar-refractivity contribution in [1.82, 2.24) is 5.43 Å². The second kappa shape index (κ2) is 13.0. The molecule has 0 radical (unpaired) electrons. The molecular formula is C28H22Cl3N3O4S. The van der Waals surface area contributed by atoms with Crippen molar-refractivity contribution in [2.75, 3.05) is 10.8 Å². The van der Waals surface area contributed by atoms with Crippen molar-refractivity contribution >= 4 is 62.6 Å². The fourth-order valence-electron chi connectivity index (χ4n) is 3.42. The van der Waals surface area contributed by atoms with E-state index in [1.165, 1.54) is 36.5 Å². The molecule has 0 aliphatic heterocycles. The third-order valence-corrected chi connectivity index (χ3v) is 7.91. The fraction of sp³-hybridized carbons (Fsp3) is 0.0714. The average molecular weight is 603 g/mol. The second-order valence-corrected chi connectivity index (χ2v) is 11.4. The van der Waals surface area contributed by atoms with E-state index in [0.717, 1.165) is 9.87 Å². The summed E-state index contributed by atoms with van der Waals surface area (Å²) in [4.78, 5) is 12.7. The maximum atomic E-state index is 13.4. The van der Waals surface area contributed by atoms with Gasteiger partial charge < -0.3 is 4.74 Å². The molecule has 1 amide bonds. The Kier molecular flexibility index (Phi) is 9.48. The first-order valence-corrected chi connectivity index (χ1v) is 14.1. The second-order valence-electron chi connectivity index (χ2n) is 8.22. The molecule has 0 aliphatic rings. The van der Waals surface area contributed by atoms with E-state index in [9.17, 15) is 13.2 Å². The highest BCUT2D eigenvalue weighted by atomic mass is 35.5. The number of halogens is 3. The maximum absolute atomic E-state index is 13.4. The number of rotatable bonds is 10. The summed E-state index contributed by atoms with van der Waals surface area (Å²) in [5.74, 6) is 0.0161. The summed E-state index contributed by atoms with van der Waals surface area (Å²) in [6.45, 7) is -0.136. The zero-order valence-electron chi connectivity index (χ0n) is 20.3. The summed E-state index contributed by atoms with van der Waals surface area (Å²) in [5.41, 5.74) is 4.29. The Balaban J connectivity index is 1.40. The number of nitrogens with zero attached hydrogens (tertiary/aromatic N) is 2. The lowest BCUT2D eigenvalue weighted by Crippen LogP contribution is -2.39. The number of sulfonamides is 1. The van der Waals surface area contributed by atoms with Gasteiger partial charge in [0.25, 0.3) is 15.9 Å². The summed E-state index contributed by atoms with van der Waals surface area (Å²) < 4.78 is 33.5. The Morgan fingerprint density at radius 1 is 0.846 bits per heavy atom. The topological polar surface area (TPSA) is 88.1 Å². The van der Waals surface area contributed by atoms with Crippen molar-refractivity contribution in [3.63, 3.8) is 0 Å².